The van der Waals surface area contributed by atoms with Gasteiger partial charge in [0.1, 0.15) is 5.60 Å². The number of amides is 1. The standard InChI is InChI=1S/C15H24N2O3/c1-15(2,3)20-14(18)17-9-11-19-10-5-7-13-6-4-8-16-12-13/h4,6,8,12H,5,7,9-11H2,1-3H3,(H,17,18). The van der Waals surface area contributed by atoms with Crippen molar-refractivity contribution in [3.63, 3.8) is 0 Å². The second-order valence-electron chi connectivity index (χ2n) is 5.51. The summed E-state index contributed by atoms with van der Waals surface area (Å²) in [6.45, 7) is 7.13. The highest BCUT2D eigenvalue weighted by atomic mass is 16.6. The summed E-state index contributed by atoms with van der Waals surface area (Å²) in [5, 5.41) is 2.65. The molecule has 20 heavy (non-hydrogen) atoms. The van der Waals surface area contributed by atoms with E-state index in [9.17, 15) is 4.79 Å². The lowest BCUT2D eigenvalue weighted by Gasteiger charge is -2.19. The van der Waals surface area contributed by atoms with Crippen LogP contribution in [0.1, 0.15) is 32.8 Å². The van der Waals surface area contributed by atoms with Gasteiger partial charge in [-0.25, -0.2) is 4.79 Å². The molecule has 0 atom stereocenters. The van der Waals surface area contributed by atoms with Crippen LogP contribution in [0.5, 0.6) is 0 Å². The Morgan fingerprint density at radius 1 is 1.35 bits per heavy atom. The second kappa shape index (κ2) is 8.53. The highest BCUT2D eigenvalue weighted by Crippen LogP contribution is 2.06. The van der Waals surface area contributed by atoms with Crippen LogP contribution in [0.15, 0.2) is 24.5 Å². The van der Waals surface area contributed by atoms with E-state index >= 15 is 0 Å². The molecule has 112 valence electrons. The number of ether oxygens (including phenoxy) is 2. The first-order valence-corrected chi connectivity index (χ1v) is 6.91. The molecule has 1 amide bonds. The molecule has 1 N–H and O–H groups in total. The molecule has 0 fully saturated rings. The number of carbonyl (C=O) groups excluding carboxylic acids is 1. The van der Waals surface area contributed by atoms with E-state index in [2.05, 4.69) is 16.4 Å². The van der Waals surface area contributed by atoms with E-state index in [0.29, 0.717) is 19.8 Å². The molecule has 1 aromatic rings. The zero-order chi connectivity index (χ0) is 14.8. The molecule has 0 saturated heterocycles. The Balaban J connectivity index is 1.96. The maximum atomic E-state index is 11.3. The molecule has 0 aliphatic heterocycles. The van der Waals surface area contributed by atoms with Gasteiger partial charge in [0.25, 0.3) is 0 Å². The van der Waals surface area contributed by atoms with Gasteiger partial charge in [0, 0.05) is 25.5 Å². The molecular weight excluding hydrogens is 256 g/mol. The van der Waals surface area contributed by atoms with Gasteiger partial charge in [-0.2, -0.15) is 0 Å². The van der Waals surface area contributed by atoms with E-state index in [1.165, 1.54) is 5.56 Å². The first kappa shape index (κ1) is 16.4. The van der Waals surface area contributed by atoms with Gasteiger partial charge in [-0.15, -0.1) is 0 Å². The van der Waals surface area contributed by atoms with Crippen LogP contribution in [0.4, 0.5) is 4.79 Å². The van der Waals surface area contributed by atoms with Crippen LogP contribution in [-0.2, 0) is 15.9 Å². The molecule has 0 saturated carbocycles. The molecule has 0 aliphatic rings. The van der Waals surface area contributed by atoms with Crippen molar-refractivity contribution < 1.29 is 14.3 Å². The molecular formula is C15H24N2O3. The predicted molar refractivity (Wildman–Crippen MR) is 77.6 cm³/mol. The average molecular weight is 280 g/mol. The third-order valence-corrected chi connectivity index (χ3v) is 2.39. The summed E-state index contributed by atoms with van der Waals surface area (Å²) in [6, 6.07) is 3.98. The van der Waals surface area contributed by atoms with Crippen molar-refractivity contribution in [2.24, 2.45) is 0 Å². The molecule has 5 heteroatoms. The molecule has 5 nitrogen and oxygen atoms in total. The summed E-state index contributed by atoms with van der Waals surface area (Å²) in [7, 11) is 0. The monoisotopic (exact) mass is 280 g/mol. The van der Waals surface area contributed by atoms with E-state index in [-0.39, 0.29) is 0 Å². The Kier molecular flexibility index (Phi) is 7.01. The topological polar surface area (TPSA) is 60.5 Å². The zero-order valence-corrected chi connectivity index (χ0v) is 12.5. The van der Waals surface area contributed by atoms with Gasteiger partial charge in [-0.3, -0.25) is 4.98 Å². The second-order valence-corrected chi connectivity index (χ2v) is 5.51. The molecule has 0 radical (unpaired) electrons. The maximum absolute atomic E-state index is 11.3. The predicted octanol–water partition coefficient (Wildman–Crippen LogP) is 2.56. The third-order valence-electron chi connectivity index (χ3n) is 2.39. The van der Waals surface area contributed by atoms with Crippen molar-refractivity contribution in [1.29, 1.82) is 0 Å². The minimum Gasteiger partial charge on any atom is -0.444 e. The molecule has 0 unspecified atom stereocenters. The van der Waals surface area contributed by atoms with Crippen LogP contribution in [0.3, 0.4) is 0 Å². The normalized spacial score (nSPS) is 11.2. The van der Waals surface area contributed by atoms with Gasteiger partial charge in [-0.1, -0.05) is 6.07 Å². The number of aryl methyl sites for hydroxylation is 1. The number of carbonyl (C=O) groups is 1. The fourth-order valence-electron chi connectivity index (χ4n) is 1.57. The van der Waals surface area contributed by atoms with Crippen molar-refractivity contribution >= 4 is 6.09 Å². The first-order chi connectivity index (χ1) is 9.47. The van der Waals surface area contributed by atoms with E-state index in [4.69, 9.17) is 9.47 Å². The average Bonchev–Trinajstić information content (AvgIpc) is 2.37. The van der Waals surface area contributed by atoms with Gasteiger partial charge >= 0.3 is 6.09 Å². The molecule has 1 rings (SSSR count). The zero-order valence-electron chi connectivity index (χ0n) is 12.5. The van der Waals surface area contributed by atoms with Crippen LogP contribution in [0.25, 0.3) is 0 Å². The first-order valence-electron chi connectivity index (χ1n) is 6.91. The Morgan fingerprint density at radius 3 is 2.80 bits per heavy atom. The fraction of sp³-hybridized carbons (Fsp3) is 0.600. The van der Waals surface area contributed by atoms with E-state index in [1.54, 1.807) is 6.20 Å². The SMILES string of the molecule is CC(C)(C)OC(=O)NCCOCCCc1cccnc1. The lowest BCUT2D eigenvalue weighted by molar-refractivity contribution is 0.0499. The van der Waals surface area contributed by atoms with Crippen LogP contribution >= 0.6 is 0 Å². The van der Waals surface area contributed by atoms with Crippen molar-refractivity contribution in [2.75, 3.05) is 19.8 Å². The van der Waals surface area contributed by atoms with E-state index in [1.807, 2.05) is 33.0 Å². The number of rotatable bonds is 7. The number of hydrogen-bond acceptors (Lipinski definition) is 4. The van der Waals surface area contributed by atoms with Gasteiger partial charge in [0.2, 0.25) is 0 Å². The molecule has 0 aromatic carbocycles. The quantitative estimate of drug-likeness (QED) is 0.780. The lowest BCUT2D eigenvalue weighted by atomic mass is 10.2. The lowest BCUT2D eigenvalue weighted by Crippen LogP contribution is -2.34. The molecule has 0 bridgehead atoms. The summed E-state index contributed by atoms with van der Waals surface area (Å²) in [4.78, 5) is 15.4. The van der Waals surface area contributed by atoms with Gasteiger partial charge in [0.15, 0.2) is 0 Å². The number of nitrogens with zero attached hydrogens (tertiary/aromatic N) is 1. The van der Waals surface area contributed by atoms with Crippen LogP contribution in [-0.4, -0.2) is 36.4 Å². The Labute approximate surface area is 120 Å². The summed E-state index contributed by atoms with van der Waals surface area (Å²) < 4.78 is 10.6. The molecule has 1 heterocycles. The van der Waals surface area contributed by atoms with Crippen LogP contribution < -0.4 is 5.32 Å². The summed E-state index contributed by atoms with van der Waals surface area (Å²) in [5.74, 6) is 0. The Bertz CT molecular complexity index is 388. The van der Waals surface area contributed by atoms with Gasteiger partial charge < -0.3 is 14.8 Å². The number of pyridine rings is 1. The number of hydrogen-bond donors (Lipinski definition) is 1. The Morgan fingerprint density at radius 2 is 2.15 bits per heavy atom. The molecule has 0 spiro atoms. The van der Waals surface area contributed by atoms with Crippen molar-refractivity contribution in [2.45, 2.75) is 39.2 Å². The highest BCUT2D eigenvalue weighted by molar-refractivity contribution is 5.67. The van der Waals surface area contributed by atoms with Gasteiger partial charge in [-0.05, 0) is 45.2 Å². The summed E-state index contributed by atoms with van der Waals surface area (Å²) in [5.41, 5.74) is 0.747. The molecule has 1 aromatic heterocycles. The van der Waals surface area contributed by atoms with Crippen LogP contribution in [0, 0.1) is 0 Å². The van der Waals surface area contributed by atoms with E-state index in [0.717, 1.165) is 12.8 Å². The van der Waals surface area contributed by atoms with Crippen LogP contribution in [0.2, 0.25) is 0 Å². The largest absolute Gasteiger partial charge is 0.444 e. The summed E-state index contributed by atoms with van der Waals surface area (Å²) >= 11 is 0. The Hall–Kier alpha value is -1.62. The number of alkyl carbamates (subject to hydrolysis) is 1. The third kappa shape index (κ3) is 8.48. The summed E-state index contributed by atoms with van der Waals surface area (Å²) in [6.07, 6.45) is 5.12. The molecule has 0 aliphatic carbocycles. The highest BCUT2D eigenvalue weighted by Gasteiger charge is 2.15. The smallest absolute Gasteiger partial charge is 0.407 e. The van der Waals surface area contributed by atoms with Crippen molar-refractivity contribution in [1.82, 2.24) is 10.3 Å². The number of aromatic nitrogens is 1. The van der Waals surface area contributed by atoms with Crippen molar-refractivity contribution in [3.8, 4) is 0 Å². The van der Waals surface area contributed by atoms with Gasteiger partial charge in [0.05, 0.1) is 6.61 Å². The minimum absolute atomic E-state index is 0.406. The van der Waals surface area contributed by atoms with Crippen molar-refractivity contribution in [3.05, 3.63) is 30.1 Å². The number of nitrogens with one attached hydrogen (secondary N) is 1. The minimum atomic E-state index is -0.464. The van der Waals surface area contributed by atoms with E-state index < -0.39 is 11.7 Å². The maximum Gasteiger partial charge on any atom is 0.407 e. The fourth-order valence-corrected chi connectivity index (χ4v) is 1.57.